The second kappa shape index (κ2) is 8.11. The minimum absolute atomic E-state index is 0.0179. The molecular weight excluding hydrogens is 368 g/mol. The number of nitrogens with one attached hydrogen (secondary N) is 1. The molecule has 2 rings (SSSR count). The number of carbonyl (C=O) groups is 2. The molecule has 1 N–H and O–H groups in total. The van der Waals surface area contributed by atoms with Gasteiger partial charge in [0.15, 0.2) is 0 Å². The van der Waals surface area contributed by atoms with Crippen LogP contribution in [-0.4, -0.2) is 29.8 Å². The molecule has 0 saturated carbocycles. The molecule has 5 heteroatoms. The van der Waals surface area contributed by atoms with E-state index in [0.717, 1.165) is 15.7 Å². The number of nitrogens with zero attached hydrogens (tertiary/aromatic N) is 1. The number of amides is 2. The first kappa shape index (κ1) is 18.2. The molecule has 2 amide bonds. The Balaban J connectivity index is 2.12. The Labute approximate surface area is 151 Å². The second-order valence-electron chi connectivity index (χ2n) is 5.47. The summed E-state index contributed by atoms with van der Waals surface area (Å²) in [6.07, 6.45) is 0. The van der Waals surface area contributed by atoms with E-state index in [1.165, 1.54) is 0 Å². The first-order chi connectivity index (χ1) is 11.5. The first-order valence-corrected chi connectivity index (χ1v) is 8.72. The summed E-state index contributed by atoms with van der Waals surface area (Å²) in [7, 11) is 0. The summed E-state index contributed by atoms with van der Waals surface area (Å²) in [5.41, 5.74) is 2.86. The molecule has 0 saturated heterocycles. The highest BCUT2D eigenvalue weighted by molar-refractivity contribution is 9.10. The average Bonchev–Trinajstić information content (AvgIpc) is 2.58. The summed E-state index contributed by atoms with van der Waals surface area (Å²) in [4.78, 5) is 26.4. The summed E-state index contributed by atoms with van der Waals surface area (Å²) in [6, 6.07) is 12.4. The van der Waals surface area contributed by atoms with Gasteiger partial charge in [-0.3, -0.25) is 9.59 Å². The lowest BCUT2D eigenvalue weighted by Crippen LogP contribution is -2.30. The van der Waals surface area contributed by atoms with Gasteiger partial charge in [0.05, 0.1) is 0 Å². The van der Waals surface area contributed by atoms with Crippen LogP contribution >= 0.6 is 15.9 Å². The minimum Gasteiger partial charge on any atom is -0.339 e. The van der Waals surface area contributed by atoms with Crippen molar-refractivity contribution in [3.8, 4) is 0 Å². The van der Waals surface area contributed by atoms with Crippen LogP contribution in [0.4, 0.5) is 5.69 Å². The molecule has 0 atom stereocenters. The van der Waals surface area contributed by atoms with Crippen LogP contribution in [0.2, 0.25) is 0 Å². The Morgan fingerprint density at radius 1 is 1.00 bits per heavy atom. The fourth-order valence-corrected chi connectivity index (χ4v) is 2.89. The van der Waals surface area contributed by atoms with Gasteiger partial charge in [0.2, 0.25) is 0 Å². The zero-order chi connectivity index (χ0) is 17.7. The number of halogens is 1. The Morgan fingerprint density at radius 2 is 1.58 bits per heavy atom. The predicted molar refractivity (Wildman–Crippen MR) is 101 cm³/mol. The van der Waals surface area contributed by atoms with Crippen molar-refractivity contribution in [3.05, 3.63) is 63.6 Å². The summed E-state index contributed by atoms with van der Waals surface area (Å²) in [6.45, 7) is 7.17. The van der Waals surface area contributed by atoms with E-state index in [2.05, 4.69) is 21.2 Å². The third-order valence-corrected chi connectivity index (χ3v) is 4.37. The molecule has 0 fully saturated rings. The SMILES string of the molecule is CCN(CC)C(=O)c1ccc(C(=O)Nc2ccc(Br)cc2C)cc1. The summed E-state index contributed by atoms with van der Waals surface area (Å²) >= 11 is 3.40. The molecule has 2 aromatic carbocycles. The van der Waals surface area contributed by atoms with Crippen molar-refractivity contribution >= 4 is 33.4 Å². The summed E-state index contributed by atoms with van der Waals surface area (Å²) in [5.74, 6) is -0.210. The van der Waals surface area contributed by atoms with Gasteiger partial charge < -0.3 is 10.2 Å². The molecule has 0 heterocycles. The van der Waals surface area contributed by atoms with Gasteiger partial charge in [-0.25, -0.2) is 0 Å². The van der Waals surface area contributed by atoms with Crippen molar-refractivity contribution in [2.45, 2.75) is 20.8 Å². The van der Waals surface area contributed by atoms with Crippen molar-refractivity contribution in [2.24, 2.45) is 0 Å². The quantitative estimate of drug-likeness (QED) is 0.819. The van der Waals surface area contributed by atoms with E-state index in [9.17, 15) is 9.59 Å². The van der Waals surface area contributed by atoms with E-state index in [0.29, 0.717) is 24.2 Å². The lowest BCUT2D eigenvalue weighted by Gasteiger charge is -2.18. The molecule has 24 heavy (non-hydrogen) atoms. The average molecular weight is 389 g/mol. The molecule has 4 nitrogen and oxygen atoms in total. The molecule has 0 radical (unpaired) electrons. The van der Waals surface area contributed by atoms with Crippen molar-refractivity contribution in [1.29, 1.82) is 0 Å². The number of rotatable bonds is 5. The molecular formula is C19H21BrN2O2. The maximum absolute atomic E-state index is 12.4. The highest BCUT2D eigenvalue weighted by atomic mass is 79.9. The highest BCUT2D eigenvalue weighted by Gasteiger charge is 2.13. The Morgan fingerprint density at radius 3 is 2.12 bits per heavy atom. The number of benzene rings is 2. The van der Waals surface area contributed by atoms with Crippen LogP contribution in [0.15, 0.2) is 46.9 Å². The molecule has 0 bridgehead atoms. The topological polar surface area (TPSA) is 49.4 Å². The van der Waals surface area contributed by atoms with Crippen molar-refractivity contribution < 1.29 is 9.59 Å². The molecule has 0 aromatic heterocycles. The predicted octanol–water partition coefficient (Wildman–Crippen LogP) is 4.49. The molecule has 0 spiro atoms. The van der Waals surface area contributed by atoms with E-state index in [1.807, 2.05) is 39.0 Å². The van der Waals surface area contributed by atoms with E-state index in [1.54, 1.807) is 29.2 Å². The van der Waals surface area contributed by atoms with Crippen LogP contribution in [0.3, 0.4) is 0 Å². The Bertz CT molecular complexity index is 738. The number of aryl methyl sites for hydroxylation is 1. The standard InChI is InChI=1S/C19H21BrN2O2/c1-4-22(5-2)19(24)15-8-6-14(7-9-15)18(23)21-17-11-10-16(20)12-13(17)3/h6-12H,4-5H2,1-3H3,(H,21,23). The van der Waals surface area contributed by atoms with Crippen molar-refractivity contribution in [2.75, 3.05) is 18.4 Å². The fourth-order valence-electron chi connectivity index (χ4n) is 2.42. The van der Waals surface area contributed by atoms with Gasteiger partial charge in [0, 0.05) is 34.4 Å². The number of anilines is 1. The van der Waals surface area contributed by atoms with Gasteiger partial charge in [-0.05, 0) is 68.8 Å². The third kappa shape index (κ3) is 4.23. The molecule has 0 unspecified atom stereocenters. The van der Waals surface area contributed by atoms with Gasteiger partial charge in [-0.2, -0.15) is 0 Å². The van der Waals surface area contributed by atoms with Crippen LogP contribution < -0.4 is 5.32 Å². The van der Waals surface area contributed by atoms with Crippen LogP contribution in [0.5, 0.6) is 0 Å². The zero-order valence-electron chi connectivity index (χ0n) is 14.1. The minimum atomic E-state index is -0.192. The third-order valence-electron chi connectivity index (χ3n) is 3.88. The van der Waals surface area contributed by atoms with Gasteiger partial charge in [-0.1, -0.05) is 15.9 Å². The van der Waals surface area contributed by atoms with E-state index < -0.39 is 0 Å². The molecule has 0 aliphatic rings. The maximum atomic E-state index is 12.4. The van der Waals surface area contributed by atoms with Crippen LogP contribution in [-0.2, 0) is 0 Å². The Kier molecular flexibility index (Phi) is 6.15. The highest BCUT2D eigenvalue weighted by Crippen LogP contribution is 2.20. The van der Waals surface area contributed by atoms with Crippen LogP contribution in [0.1, 0.15) is 40.1 Å². The largest absolute Gasteiger partial charge is 0.339 e. The van der Waals surface area contributed by atoms with Gasteiger partial charge in [0.1, 0.15) is 0 Å². The number of carbonyl (C=O) groups excluding carboxylic acids is 2. The zero-order valence-corrected chi connectivity index (χ0v) is 15.7. The normalized spacial score (nSPS) is 10.3. The fraction of sp³-hybridized carbons (Fsp3) is 0.263. The van der Waals surface area contributed by atoms with Gasteiger partial charge in [0.25, 0.3) is 11.8 Å². The van der Waals surface area contributed by atoms with Gasteiger partial charge in [-0.15, -0.1) is 0 Å². The van der Waals surface area contributed by atoms with Crippen LogP contribution in [0.25, 0.3) is 0 Å². The number of hydrogen-bond acceptors (Lipinski definition) is 2. The monoisotopic (exact) mass is 388 g/mol. The first-order valence-electron chi connectivity index (χ1n) is 7.93. The van der Waals surface area contributed by atoms with E-state index in [4.69, 9.17) is 0 Å². The molecule has 126 valence electrons. The number of hydrogen-bond donors (Lipinski definition) is 1. The maximum Gasteiger partial charge on any atom is 0.255 e. The van der Waals surface area contributed by atoms with E-state index >= 15 is 0 Å². The summed E-state index contributed by atoms with van der Waals surface area (Å²) in [5, 5.41) is 2.89. The van der Waals surface area contributed by atoms with Crippen molar-refractivity contribution in [1.82, 2.24) is 4.90 Å². The summed E-state index contributed by atoms with van der Waals surface area (Å²) < 4.78 is 0.970. The van der Waals surface area contributed by atoms with Crippen LogP contribution in [0, 0.1) is 6.92 Å². The Hall–Kier alpha value is -2.14. The second-order valence-corrected chi connectivity index (χ2v) is 6.38. The smallest absolute Gasteiger partial charge is 0.255 e. The van der Waals surface area contributed by atoms with Gasteiger partial charge >= 0.3 is 0 Å². The molecule has 2 aromatic rings. The van der Waals surface area contributed by atoms with E-state index in [-0.39, 0.29) is 11.8 Å². The molecule has 0 aliphatic heterocycles. The lowest BCUT2D eigenvalue weighted by atomic mass is 10.1. The van der Waals surface area contributed by atoms with Crippen molar-refractivity contribution in [3.63, 3.8) is 0 Å². The lowest BCUT2D eigenvalue weighted by molar-refractivity contribution is 0.0772. The molecule has 0 aliphatic carbocycles.